The highest BCUT2D eigenvalue weighted by atomic mass is 16.5. The SMILES string of the molecule is C=CCO[C@@H](CN[C@H]1c2ccccc2C[C@H]1O)[C@H](O)[C@@H](O)[C@@H](OCC=C)C(=O)N[C@H]1c2ccccc2C[C@H]1O. The summed E-state index contributed by atoms with van der Waals surface area (Å²) >= 11 is 0. The van der Waals surface area contributed by atoms with Crippen LogP contribution >= 0.6 is 0 Å². The number of carbonyl (C=O) groups is 1. The molecule has 9 heteroatoms. The third-order valence-corrected chi connectivity index (χ3v) is 7.37. The first-order valence-electron chi connectivity index (χ1n) is 13.2. The molecule has 0 saturated carbocycles. The highest BCUT2D eigenvalue weighted by Gasteiger charge is 2.41. The smallest absolute Gasteiger partial charge is 0.252 e. The van der Waals surface area contributed by atoms with Gasteiger partial charge in [0, 0.05) is 19.4 Å². The molecule has 0 spiro atoms. The first kappa shape index (κ1) is 29.1. The summed E-state index contributed by atoms with van der Waals surface area (Å²) in [5.41, 5.74) is 3.73. The Labute approximate surface area is 228 Å². The molecule has 0 radical (unpaired) electrons. The zero-order valence-electron chi connectivity index (χ0n) is 21.9. The number of benzene rings is 2. The molecule has 1 amide bonds. The van der Waals surface area contributed by atoms with Crippen molar-refractivity contribution in [3.8, 4) is 0 Å². The number of hydrogen-bond donors (Lipinski definition) is 6. The van der Waals surface area contributed by atoms with Crippen LogP contribution in [0.1, 0.15) is 34.3 Å². The lowest BCUT2D eigenvalue weighted by Gasteiger charge is -2.32. The molecule has 0 heterocycles. The van der Waals surface area contributed by atoms with Crippen molar-refractivity contribution in [3.05, 3.63) is 96.1 Å². The van der Waals surface area contributed by atoms with E-state index in [0.29, 0.717) is 12.8 Å². The van der Waals surface area contributed by atoms with E-state index in [1.807, 2.05) is 48.5 Å². The van der Waals surface area contributed by atoms with E-state index >= 15 is 0 Å². The minimum absolute atomic E-state index is 0.0485. The molecule has 2 aromatic rings. The van der Waals surface area contributed by atoms with Crippen LogP contribution in [0.4, 0.5) is 0 Å². The normalized spacial score (nSPS) is 24.7. The maximum absolute atomic E-state index is 13.3. The highest BCUT2D eigenvalue weighted by Crippen LogP contribution is 2.32. The van der Waals surface area contributed by atoms with Crippen LogP contribution in [0.5, 0.6) is 0 Å². The van der Waals surface area contributed by atoms with Crippen LogP contribution in [0.3, 0.4) is 0 Å². The molecule has 0 bridgehead atoms. The molecule has 6 N–H and O–H groups in total. The molecule has 8 atom stereocenters. The first-order chi connectivity index (χ1) is 18.8. The number of hydrogen-bond acceptors (Lipinski definition) is 8. The van der Waals surface area contributed by atoms with Gasteiger partial charge in [0.05, 0.1) is 43.6 Å². The summed E-state index contributed by atoms with van der Waals surface area (Å²) in [6.45, 7) is 7.38. The Morgan fingerprint density at radius 1 is 0.872 bits per heavy atom. The summed E-state index contributed by atoms with van der Waals surface area (Å²) in [7, 11) is 0. The summed E-state index contributed by atoms with van der Waals surface area (Å²) in [6, 6.07) is 14.1. The van der Waals surface area contributed by atoms with Crippen molar-refractivity contribution in [1.82, 2.24) is 10.6 Å². The topological polar surface area (TPSA) is 141 Å². The van der Waals surface area contributed by atoms with Crippen LogP contribution in [0.2, 0.25) is 0 Å². The van der Waals surface area contributed by atoms with E-state index in [-0.39, 0.29) is 25.8 Å². The lowest BCUT2D eigenvalue weighted by Crippen LogP contribution is -2.55. The Hall–Kier alpha value is -2.89. The van der Waals surface area contributed by atoms with Gasteiger partial charge in [-0.2, -0.15) is 0 Å². The summed E-state index contributed by atoms with van der Waals surface area (Å²) in [4.78, 5) is 13.3. The van der Waals surface area contributed by atoms with E-state index in [4.69, 9.17) is 9.47 Å². The van der Waals surface area contributed by atoms with Gasteiger partial charge in [0.1, 0.15) is 12.2 Å². The zero-order valence-corrected chi connectivity index (χ0v) is 21.9. The molecule has 0 aromatic heterocycles. The van der Waals surface area contributed by atoms with Gasteiger partial charge in [-0.25, -0.2) is 0 Å². The van der Waals surface area contributed by atoms with Gasteiger partial charge in [-0.3, -0.25) is 4.79 Å². The maximum atomic E-state index is 13.3. The van der Waals surface area contributed by atoms with Crippen molar-refractivity contribution >= 4 is 5.91 Å². The van der Waals surface area contributed by atoms with Gasteiger partial charge in [-0.05, 0) is 22.3 Å². The van der Waals surface area contributed by atoms with Crippen molar-refractivity contribution in [2.75, 3.05) is 19.8 Å². The number of amides is 1. The van der Waals surface area contributed by atoms with Crippen LogP contribution in [-0.2, 0) is 27.1 Å². The monoisotopic (exact) mass is 538 g/mol. The van der Waals surface area contributed by atoms with Crippen molar-refractivity contribution in [3.63, 3.8) is 0 Å². The van der Waals surface area contributed by atoms with Gasteiger partial charge in [0.25, 0.3) is 5.91 Å². The third kappa shape index (κ3) is 6.64. The van der Waals surface area contributed by atoms with Gasteiger partial charge in [0.15, 0.2) is 6.10 Å². The molecule has 4 rings (SSSR count). The van der Waals surface area contributed by atoms with Crippen LogP contribution in [0, 0.1) is 0 Å². The van der Waals surface area contributed by atoms with Gasteiger partial charge in [-0.15, -0.1) is 13.2 Å². The van der Waals surface area contributed by atoms with Crippen molar-refractivity contribution in [2.45, 2.75) is 61.5 Å². The fraction of sp³-hybridized carbons (Fsp3) is 0.433. The van der Waals surface area contributed by atoms with Crippen LogP contribution in [0.25, 0.3) is 0 Å². The molecule has 2 aliphatic carbocycles. The molecule has 210 valence electrons. The molecule has 2 aromatic carbocycles. The molecule has 0 saturated heterocycles. The highest BCUT2D eigenvalue weighted by molar-refractivity contribution is 5.82. The van der Waals surface area contributed by atoms with Crippen molar-refractivity contribution in [2.24, 2.45) is 0 Å². The molecule has 0 fully saturated rings. The molecular formula is C30H38N2O7. The van der Waals surface area contributed by atoms with Gasteiger partial charge in [-0.1, -0.05) is 60.7 Å². The number of aliphatic hydroxyl groups excluding tert-OH is 4. The van der Waals surface area contributed by atoms with E-state index in [9.17, 15) is 25.2 Å². The predicted octanol–water partition coefficient (Wildman–Crippen LogP) is 0.873. The Balaban J connectivity index is 1.47. The number of carbonyl (C=O) groups excluding carboxylic acids is 1. The number of ether oxygens (including phenoxy) is 2. The minimum atomic E-state index is -1.67. The second-order valence-electron chi connectivity index (χ2n) is 10.00. The largest absolute Gasteiger partial charge is 0.391 e. The quantitative estimate of drug-likeness (QED) is 0.195. The average Bonchev–Trinajstić information content (AvgIpc) is 3.43. The van der Waals surface area contributed by atoms with Crippen LogP contribution < -0.4 is 10.6 Å². The van der Waals surface area contributed by atoms with Gasteiger partial charge >= 0.3 is 0 Å². The Morgan fingerprint density at radius 3 is 2.03 bits per heavy atom. The van der Waals surface area contributed by atoms with Crippen LogP contribution in [0.15, 0.2) is 73.8 Å². The van der Waals surface area contributed by atoms with Gasteiger partial charge < -0.3 is 40.5 Å². The van der Waals surface area contributed by atoms with Crippen LogP contribution in [-0.4, -0.2) is 82.7 Å². The minimum Gasteiger partial charge on any atom is -0.391 e. The fourth-order valence-electron chi connectivity index (χ4n) is 5.42. The molecule has 9 nitrogen and oxygen atoms in total. The lowest BCUT2D eigenvalue weighted by atomic mass is 10.00. The Morgan fingerprint density at radius 2 is 1.41 bits per heavy atom. The predicted molar refractivity (Wildman–Crippen MR) is 146 cm³/mol. The molecule has 39 heavy (non-hydrogen) atoms. The van der Waals surface area contributed by atoms with E-state index in [1.165, 1.54) is 12.2 Å². The van der Waals surface area contributed by atoms with E-state index in [1.54, 1.807) is 0 Å². The third-order valence-electron chi connectivity index (χ3n) is 7.37. The number of fused-ring (bicyclic) bond motifs is 2. The van der Waals surface area contributed by atoms with Gasteiger partial charge in [0.2, 0.25) is 0 Å². The molecule has 2 aliphatic rings. The second kappa shape index (κ2) is 13.5. The lowest BCUT2D eigenvalue weighted by molar-refractivity contribution is -0.158. The zero-order chi connectivity index (χ0) is 27.9. The Bertz CT molecular complexity index is 1140. The number of aliphatic hydroxyl groups is 4. The molecular weight excluding hydrogens is 500 g/mol. The number of rotatable bonds is 14. The first-order valence-corrected chi connectivity index (χ1v) is 13.2. The summed E-state index contributed by atoms with van der Waals surface area (Å²) in [5, 5.41) is 49.5. The van der Waals surface area contributed by atoms with E-state index < -0.39 is 48.6 Å². The summed E-state index contributed by atoms with van der Waals surface area (Å²) in [5.74, 6) is -0.681. The average molecular weight is 539 g/mol. The van der Waals surface area contributed by atoms with Crippen molar-refractivity contribution < 1.29 is 34.7 Å². The second-order valence-corrected chi connectivity index (χ2v) is 10.00. The fourth-order valence-corrected chi connectivity index (χ4v) is 5.42. The molecule has 0 unspecified atom stereocenters. The van der Waals surface area contributed by atoms with E-state index in [0.717, 1.165) is 22.3 Å². The summed E-state index contributed by atoms with van der Waals surface area (Å²) in [6.07, 6.45) is -3.27. The van der Waals surface area contributed by atoms with Crippen molar-refractivity contribution in [1.29, 1.82) is 0 Å². The number of nitrogens with one attached hydrogen (secondary N) is 2. The molecule has 0 aliphatic heterocycles. The Kier molecular flexibility index (Phi) is 10.0. The standard InChI is InChI=1S/C30H38N2O7/c1-3-13-38-24(17-31-25-20-11-7-5-9-18(20)15-22(25)33)27(35)28(36)29(39-14-4-2)30(37)32-26-21-12-8-6-10-19(21)16-23(26)34/h3-12,22-29,31,33-36H,1-2,13-17H2,(H,32,37)/t22-,23-,24+,25+,26+,27+,28-,29-/m1/s1. The maximum Gasteiger partial charge on any atom is 0.252 e. The summed E-state index contributed by atoms with van der Waals surface area (Å²) < 4.78 is 11.4. The van der Waals surface area contributed by atoms with E-state index in [2.05, 4.69) is 23.8 Å².